The van der Waals surface area contributed by atoms with E-state index >= 15 is 0 Å². The molecule has 0 aromatic rings. The first-order valence-corrected chi connectivity index (χ1v) is 5.06. The molecular weight excluding hydrogens is 176 g/mol. The van der Waals surface area contributed by atoms with E-state index in [0.717, 1.165) is 45.1 Å². The van der Waals surface area contributed by atoms with Crippen LogP contribution in [0.25, 0.3) is 0 Å². The van der Waals surface area contributed by atoms with Crippen LogP contribution in [0.2, 0.25) is 0 Å². The highest BCUT2D eigenvalue weighted by atomic mass is 16.5. The summed E-state index contributed by atoms with van der Waals surface area (Å²) in [5, 5.41) is 0. The van der Waals surface area contributed by atoms with E-state index in [2.05, 4.69) is 23.0 Å². The Morgan fingerprint density at radius 1 is 1.50 bits per heavy atom. The lowest BCUT2D eigenvalue weighted by Gasteiger charge is -2.29. The molecule has 1 fully saturated rings. The molecule has 0 bridgehead atoms. The predicted octanol–water partition coefficient (Wildman–Crippen LogP) is 0.950. The van der Waals surface area contributed by atoms with Gasteiger partial charge in [-0.1, -0.05) is 13.2 Å². The van der Waals surface area contributed by atoms with Gasteiger partial charge in [0.25, 0.3) is 0 Å². The van der Waals surface area contributed by atoms with Crippen LogP contribution in [0, 0.1) is 0 Å². The fraction of sp³-hybridized carbons (Fsp3) is 0.636. The minimum Gasteiger partial charge on any atom is -0.379 e. The van der Waals surface area contributed by atoms with Crippen molar-refractivity contribution in [2.24, 2.45) is 0 Å². The van der Waals surface area contributed by atoms with Gasteiger partial charge in [-0.3, -0.25) is 4.90 Å². The Hall–Kier alpha value is -0.800. The van der Waals surface area contributed by atoms with E-state index in [4.69, 9.17) is 4.74 Å². The first-order valence-electron chi connectivity index (χ1n) is 5.06. The minimum atomic E-state index is 0.867. The van der Waals surface area contributed by atoms with Gasteiger partial charge in [0.15, 0.2) is 0 Å². The predicted molar refractivity (Wildman–Crippen MR) is 59.2 cm³/mol. The molecule has 3 heteroatoms. The maximum Gasteiger partial charge on any atom is 0.0594 e. The zero-order valence-corrected chi connectivity index (χ0v) is 9.04. The zero-order chi connectivity index (χ0) is 10.4. The number of ether oxygens (including phenoxy) is 1. The van der Waals surface area contributed by atoms with Crippen LogP contribution >= 0.6 is 0 Å². The smallest absolute Gasteiger partial charge is 0.0594 e. The van der Waals surface area contributed by atoms with Gasteiger partial charge in [-0.2, -0.15) is 0 Å². The van der Waals surface area contributed by atoms with Crippen LogP contribution in [0.3, 0.4) is 0 Å². The van der Waals surface area contributed by atoms with Gasteiger partial charge in [-0.05, 0) is 6.08 Å². The van der Waals surface area contributed by atoms with E-state index < -0.39 is 0 Å². The second-order valence-electron chi connectivity index (χ2n) is 3.57. The van der Waals surface area contributed by atoms with Gasteiger partial charge >= 0.3 is 0 Å². The Kier molecular flexibility index (Phi) is 4.70. The highest BCUT2D eigenvalue weighted by Gasteiger charge is 2.10. The Bertz CT molecular complexity index is 197. The van der Waals surface area contributed by atoms with Gasteiger partial charge < -0.3 is 9.64 Å². The van der Waals surface area contributed by atoms with E-state index in [0.29, 0.717) is 0 Å². The van der Waals surface area contributed by atoms with Crippen LogP contribution in [-0.2, 0) is 4.74 Å². The minimum absolute atomic E-state index is 0.867. The van der Waals surface area contributed by atoms with Crippen LogP contribution in [0.15, 0.2) is 24.9 Å². The average molecular weight is 196 g/mol. The molecule has 1 rings (SSSR count). The second kappa shape index (κ2) is 5.83. The summed E-state index contributed by atoms with van der Waals surface area (Å²) in [6, 6.07) is 0. The Balaban J connectivity index is 2.18. The summed E-state index contributed by atoms with van der Waals surface area (Å²) in [6.07, 6.45) is 1.79. The largest absolute Gasteiger partial charge is 0.379 e. The van der Waals surface area contributed by atoms with E-state index in [1.54, 1.807) is 6.08 Å². The van der Waals surface area contributed by atoms with Crippen LogP contribution in [0.1, 0.15) is 0 Å². The Labute approximate surface area is 86.6 Å². The highest BCUT2D eigenvalue weighted by Crippen LogP contribution is 2.01. The van der Waals surface area contributed by atoms with Gasteiger partial charge in [-0.25, -0.2) is 0 Å². The molecule has 0 amide bonds. The van der Waals surface area contributed by atoms with Crippen molar-refractivity contribution in [1.29, 1.82) is 0 Å². The number of hydrogen-bond acceptors (Lipinski definition) is 3. The summed E-state index contributed by atoms with van der Waals surface area (Å²) in [5.41, 5.74) is 0.984. The molecule has 1 aliphatic rings. The number of rotatable bonds is 5. The van der Waals surface area contributed by atoms with Crippen molar-refractivity contribution in [2.45, 2.75) is 0 Å². The average Bonchev–Trinajstić information content (AvgIpc) is 2.26. The highest BCUT2D eigenvalue weighted by molar-refractivity contribution is 5.08. The third-order valence-corrected chi connectivity index (χ3v) is 2.58. The number of nitrogens with zero attached hydrogens (tertiary/aromatic N) is 2. The number of likely N-dealkylation sites (N-methyl/N-ethyl adjacent to an activating group) is 1. The third-order valence-electron chi connectivity index (χ3n) is 2.58. The molecule has 0 saturated carbocycles. The SMILES string of the molecule is C=CC(=C)N(C)CCN1CCOCC1. The maximum atomic E-state index is 5.29. The molecule has 0 N–H and O–H groups in total. The summed E-state index contributed by atoms with van der Waals surface area (Å²) in [7, 11) is 2.05. The van der Waals surface area contributed by atoms with Gasteiger partial charge in [0.05, 0.1) is 13.2 Å². The molecular formula is C11H20N2O. The monoisotopic (exact) mass is 196 g/mol. The normalized spacial score (nSPS) is 17.8. The Morgan fingerprint density at radius 2 is 2.14 bits per heavy atom. The van der Waals surface area contributed by atoms with Crippen LogP contribution in [-0.4, -0.2) is 56.2 Å². The van der Waals surface area contributed by atoms with Crippen molar-refractivity contribution in [3.05, 3.63) is 24.9 Å². The first-order chi connectivity index (χ1) is 6.74. The van der Waals surface area contributed by atoms with Crippen molar-refractivity contribution in [2.75, 3.05) is 46.4 Å². The van der Waals surface area contributed by atoms with Crippen molar-refractivity contribution in [3.63, 3.8) is 0 Å². The molecule has 0 aromatic carbocycles. The molecule has 80 valence electrons. The quantitative estimate of drug-likeness (QED) is 0.609. The molecule has 1 heterocycles. The molecule has 1 saturated heterocycles. The number of hydrogen-bond donors (Lipinski definition) is 0. The summed E-state index contributed by atoms with van der Waals surface area (Å²) in [4.78, 5) is 4.54. The lowest BCUT2D eigenvalue weighted by Crippen LogP contribution is -2.40. The van der Waals surface area contributed by atoms with Crippen molar-refractivity contribution in [3.8, 4) is 0 Å². The fourth-order valence-electron chi connectivity index (χ4n) is 1.42. The summed E-state index contributed by atoms with van der Waals surface area (Å²) in [6.45, 7) is 13.5. The molecule has 0 aromatic heterocycles. The molecule has 3 nitrogen and oxygen atoms in total. The molecule has 1 aliphatic heterocycles. The van der Waals surface area contributed by atoms with Crippen LogP contribution in [0.4, 0.5) is 0 Å². The van der Waals surface area contributed by atoms with Gasteiger partial charge in [0, 0.05) is 38.9 Å². The standard InChI is InChI=1S/C11H20N2O/c1-4-11(2)12(3)5-6-13-7-9-14-10-8-13/h4H,1-2,5-10H2,3H3. The first kappa shape index (κ1) is 11.3. The summed E-state index contributed by atoms with van der Waals surface area (Å²) >= 11 is 0. The van der Waals surface area contributed by atoms with E-state index in [-0.39, 0.29) is 0 Å². The van der Waals surface area contributed by atoms with E-state index in [1.807, 2.05) is 7.05 Å². The maximum absolute atomic E-state index is 5.29. The molecule has 0 radical (unpaired) electrons. The molecule has 0 atom stereocenters. The van der Waals surface area contributed by atoms with Crippen LogP contribution in [0.5, 0.6) is 0 Å². The van der Waals surface area contributed by atoms with Gasteiger partial charge in [0.2, 0.25) is 0 Å². The lowest BCUT2D eigenvalue weighted by atomic mass is 10.3. The number of morpholine rings is 1. The molecule has 0 aliphatic carbocycles. The second-order valence-corrected chi connectivity index (χ2v) is 3.57. The van der Waals surface area contributed by atoms with Gasteiger partial charge in [-0.15, -0.1) is 0 Å². The van der Waals surface area contributed by atoms with Crippen molar-refractivity contribution >= 4 is 0 Å². The molecule has 0 spiro atoms. The topological polar surface area (TPSA) is 15.7 Å². The zero-order valence-electron chi connectivity index (χ0n) is 9.04. The summed E-state index contributed by atoms with van der Waals surface area (Å²) in [5.74, 6) is 0. The fourth-order valence-corrected chi connectivity index (χ4v) is 1.42. The number of allylic oxidation sites excluding steroid dienone is 1. The Morgan fingerprint density at radius 3 is 2.71 bits per heavy atom. The third kappa shape index (κ3) is 3.52. The lowest BCUT2D eigenvalue weighted by molar-refractivity contribution is 0.0357. The van der Waals surface area contributed by atoms with E-state index in [1.165, 1.54) is 0 Å². The van der Waals surface area contributed by atoms with E-state index in [9.17, 15) is 0 Å². The molecule has 14 heavy (non-hydrogen) atoms. The van der Waals surface area contributed by atoms with Crippen LogP contribution < -0.4 is 0 Å². The molecule has 0 unspecified atom stereocenters. The van der Waals surface area contributed by atoms with Gasteiger partial charge in [0.1, 0.15) is 0 Å². The van der Waals surface area contributed by atoms with Crippen molar-refractivity contribution < 1.29 is 4.74 Å². The van der Waals surface area contributed by atoms with Crippen molar-refractivity contribution in [1.82, 2.24) is 9.80 Å². The summed E-state index contributed by atoms with van der Waals surface area (Å²) < 4.78 is 5.29.